The lowest BCUT2D eigenvalue weighted by atomic mass is 9.90. The van der Waals surface area contributed by atoms with Gasteiger partial charge in [0.1, 0.15) is 21.8 Å². The lowest BCUT2D eigenvalue weighted by molar-refractivity contribution is -0.122. The van der Waals surface area contributed by atoms with E-state index in [2.05, 4.69) is 42.2 Å². The standard InChI is InChI=1S/C32H40N4O3S2/c1-4-6-15-35-29(34-17-13-25(14-18-34)20-24-11-8-7-9-12-24)26(23(3)27(22-33)30(35)37)21-28-31(38)36(32(40)41-28)16-10-19-39-5-2/h7-9,11-12,21,25H,4-6,10,13-20H2,1-3H3. The fraction of sp³-hybridized carbons (Fsp3) is 0.500. The van der Waals surface area contributed by atoms with Gasteiger partial charge in [-0.05, 0) is 69.1 Å². The van der Waals surface area contributed by atoms with Crippen LogP contribution < -0.4 is 10.5 Å². The molecule has 2 saturated heterocycles. The van der Waals surface area contributed by atoms with Gasteiger partial charge in [0, 0.05) is 45.0 Å². The number of unbranched alkanes of at least 4 members (excludes halogenated alkanes) is 1. The molecule has 1 aromatic heterocycles. The van der Waals surface area contributed by atoms with Crippen LogP contribution in [0.3, 0.4) is 0 Å². The minimum absolute atomic E-state index is 0.131. The molecular weight excluding hydrogens is 553 g/mol. The van der Waals surface area contributed by atoms with Crippen LogP contribution in [0.25, 0.3) is 6.08 Å². The van der Waals surface area contributed by atoms with Crippen molar-refractivity contribution in [2.75, 3.05) is 37.7 Å². The molecule has 0 spiro atoms. The number of piperidine rings is 1. The summed E-state index contributed by atoms with van der Waals surface area (Å²) < 4.78 is 7.74. The molecule has 9 heteroatoms. The summed E-state index contributed by atoms with van der Waals surface area (Å²) in [6.45, 7) is 9.74. The number of benzene rings is 1. The Morgan fingerprint density at radius 3 is 2.51 bits per heavy atom. The maximum absolute atomic E-state index is 13.6. The summed E-state index contributed by atoms with van der Waals surface area (Å²) in [6, 6.07) is 12.7. The average Bonchev–Trinajstić information content (AvgIpc) is 3.24. The van der Waals surface area contributed by atoms with Gasteiger partial charge >= 0.3 is 0 Å². The van der Waals surface area contributed by atoms with Gasteiger partial charge in [-0.15, -0.1) is 0 Å². The molecule has 0 radical (unpaired) electrons. The van der Waals surface area contributed by atoms with Crippen molar-refractivity contribution < 1.29 is 9.53 Å². The largest absolute Gasteiger partial charge is 0.382 e. The molecular formula is C32H40N4O3S2. The molecule has 2 aliphatic heterocycles. The van der Waals surface area contributed by atoms with Crippen molar-refractivity contribution in [1.29, 1.82) is 5.26 Å². The Hall–Kier alpha value is -2.93. The third-order valence-electron chi connectivity index (χ3n) is 7.89. The van der Waals surface area contributed by atoms with E-state index in [1.54, 1.807) is 9.47 Å². The second-order valence-corrected chi connectivity index (χ2v) is 12.3. The maximum Gasteiger partial charge on any atom is 0.270 e. The van der Waals surface area contributed by atoms with E-state index in [-0.39, 0.29) is 17.0 Å². The molecule has 0 bridgehead atoms. The first-order chi connectivity index (χ1) is 19.9. The number of ether oxygens (including phenoxy) is 1. The van der Waals surface area contributed by atoms with Crippen LogP contribution in [0, 0.1) is 24.2 Å². The minimum Gasteiger partial charge on any atom is -0.382 e. The highest BCUT2D eigenvalue weighted by Crippen LogP contribution is 2.37. The van der Waals surface area contributed by atoms with Crippen LogP contribution in [0.1, 0.15) is 68.2 Å². The quantitative estimate of drug-likeness (QED) is 0.172. The van der Waals surface area contributed by atoms with Crippen LogP contribution in [0.5, 0.6) is 0 Å². The number of pyridine rings is 1. The normalized spacial score (nSPS) is 17.1. The van der Waals surface area contributed by atoms with Gasteiger partial charge in [0.15, 0.2) is 0 Å². The number of thiocarbonyl (C=S) groups is 1. The molecule has 218 valence electrons. The summed E-state index contributed by atoms with van der Waals surface area (Å²) in [4.78, 5) is 31.5. The number of rotatable bonds is 12. The van der Waals surface area contributed by atoms with E-state index in [1.807, 2.05) is 26.0 Å². The summed E-state index contributed by atoms with van der Waals surface area (Å²) in [7, 11) is 0. The average molecular weight is 593 g/mol. The molecule has 0 N–H and O–H groups in total. The first-order valence-corrected chi connectivity index (χ1v) is 15.9. The molecule has 2 fully saturated rings. The number of nitriles is 1. The van der Waals surface area contributed by atoms with Gasteiger partial charge in [0.05, 0.1) is 4.91 Å². The van der Waals surface area contributed by atoms with Crippen LogP contribution in [-0.2, 0) is 22.5 Å². The molecule has 1 amide bonds. The lowest BCUT2D eigenvalue weighted by Gasteiger charge is -2.36. The Labute approximate surface area is 253 Å². The zero-order chi connectivity index (χ0) is 29.4. The van der Waals surface area contributed by atoms with E-state index < -0.39 is 0 Å². The van der Waals surface area contributed by atoms with Crippen LogP contribution in [-0.4, -0.2) is 52.5 Å². The van der Waals surface area contributed by atoms with Crippen molar-refractivity contribution in [2.24, 2.45) is 5.92 Å². The van der Waals surface area contributed by atoms with Gasteiger partial charge in [-0.2, -0.15) is 5.26 Å². The third-order valence-corrected chi connectivity index (χ3v) is 9.26. The SMILES string of the molecule is CCCCn1c(N2CCC(Cc3ccccc3)CC2)c(C=C2SC(=S)N(CCCOCC)C2=O)c(C)c(C#N)c1=O. The molecule has 41 heavy (non-hydrogen) atoms. The number of carbonyl (C=O) groups is 1. The van der Waals surface area contributed by atoms with Crippen LogP contribution in [0.4, 0.5) is 5.82 Å². The number of hydrogen-bond acceptors (Lipinski definition) is 7. The second kappa shape index (κ2) is 14.8. The molecule has 4 rings (SSSR count). The van der Waals surface area contributed by atoms with E-state index in [1.165, 1.54) is 17.3 Å². The third kappa shape index (κ3) is 7.29. The molecule has 3 heterocycles. The highest BCUT2D eigenvalue weighted by Gasteiger charge is 2.33. The van der Waals surface area contributed by atoms with Crippen molar-refractivity contribution >= 4 is 46.1 Å². The highest BCUT2D eigenvalue weighted by atomic mass is 32.2. The molecule has 2 aliphatic rings. The second-order valence-electron chi connectivity index (χ2n) is 10.7. The summed E-state index contributed by atoms with van der Waals surface area (Å²) in [6.07, 6.45) is 7.39. The number of anilines is 1. The first kappa shape index (κ1) is 31.0. The van der Waals surface area contributed by atoms with Crippen LogP contribution in [0.15, 0.2) is 40.0 Å². The van der Waals surface area contributed by atoms with Gasteiger partial charge in [-0.1, -0.05) is 67.7 Å². The van der Waals surface area contributed by atoms with Gasteiger partial charge in [-0.3, -0.25) is 19.1 Å². The molecule has 0 atom stereocenters. The van der Waals surface area contributed by atoms with Crippen molar-refractivity contribution in [3.05, 3.63) is 67.8 Å². The molecule has 0 unspecified atom stereocenters. The zero-order valence-corrected chi connectivity index (χ0v) is 26.0. The Morgan fingerprint density at radius 1 is 1.12 bits per heavy atom. The predicted octanol–water partition coefficient (Wildman–Crippen LogP) is 5.92. The summed E-state index contributed by atoms with van der Waals surface area (Å²) in [5.74, 6) is 1.26. The lowest BCUT2D eigenvalue weighted by Crippen LogP contribution is -2.40. The Kier molecular flexibility index (Phi) is 11.2. The van der Waals surface area contributed by atoms with Crippen LogP contribution >= 0.6 is 24.0 Å². The van der Waals surface area contributed by atoms with E-state index in [0.717, 1.165) is 56.6 Å². The van der Waals surface area contributed by atoms with E-state index in [0.29, 0.717) is 53.4 Å². The summed E-state index contributed by atoms with van der Waals surface area (Å²) in [5.41, 5.74) is 2.63. The molecule has 2 aromatic rings. The van der Waals surface area contributed by atoms with Crippen molar-refractivity contribution in [2.45, 2.75) is 65.8 Å². The van der Waals surface area contributed by atoms with E-state index in [9.17, 15) is 14.9 Å². The topological polar surface area (TPSA) is 78.6 Å². The molecule has 0 saturated carbocycles. The van der Waals surface area contributed by atoms with Crippen LogP contribution in [0.2, 0.25) is 0 Å². The number of carbonyl (C=O) groups excluding carboxylic acids is 1. The smallest absolute Gasteiger partial charge is 0.270 e. The molecule has 7 nitrogen and oxygen atoms in total. The minimum atomic E-state index is -0.250. The first-order valence-electron chi connectivity index (χ1n) is 14.7. The van der Waals surface area contributed by atoms with Crippen molar-refractivity contribution in [3.8, 4) is 6.07 Å². The number of amides is 1. The van der Waals surface area contributed by atoms with E-state index in [4.69, 9.17) is 17.0 Å². The Balaban J connectivity index is 1.69. The predicted molar refractivity (Wildman–Crippen MR) is 171 cm³/mol. The van der Waals surface area contributed by atoms with Crippen molar-refractivity contribution in [3.63, 3.8) is 0 Å². The maximum atomic E-state index is 13.6. The summed E-state index contributed by atoms with van der Waals surface area (Å²) in [5, 5.41) is 9.98. The van der Waals surface area contributed by atoms with Gasteiger partial charge < -0.3 is 9.64 Å². The Bertz CT molecular complexity index is 1370. The Morgan fingerprint density at radius 2 is 1.85 bits per heavy atom. The monoisotopic (exact) mass is 592 g/mol. The number of aromatic nitrogens is 1. The number of hydrogen-bond donors (Lipinski definition) is 0. The fourth-order valence-corrected chi connectivity index (χ4v) is 6.89. The summed E-state index contributed by atoms with van der Waals surface area (Å²) >= 11 is 6.85. The van der Waals surface area contributed by atoms with Gasteiger partial charge in [-0.25, -0.2) is 0 Å². The van der Waals surface area contributed by atoms with E-state index >= 15 is 0 Å². The van der Waals surface area contributed by atoms with Gasteiger partial charge in [0.2, 0.25) is 0 Å². The van der Waals surface area contributed by atoms with Crippen molar-refractivity contribution in [1.82, 2.24) is 9.47 Å². The molecule has 0 aliphatic carbocycles. The zero-order valence-electron chi connectivity index (χ0n) is 24.4. The molecule has 1 aromatic carbocycles. The van der Waals surface area contributed by atoms with Gasteiger partial charge in [0.25, 0.3) is 11.5 Å². The number of nitrogens with zero attached hydrogens (tertiary/aromatic N) is 4. The number of thioether (sulfide) groups is 1. The highest BCUT2D eigenvalue weighted by molar-refractivity contribution is 8.26. The fourth-order valence-electron chi connectivity index (χ4n) is 5.60.